The highest BCUT2D eigenvalue weighted by Crippen LogP contribution is 2.42. The van der Waals surface area contributed by atoms with Crippen LogP contribution in [-0.4, -0.2) is 122 Å². The molecule has 0 spiro atoms. The minimum atomic E-state index is -0.745. The Hall–Kier alpha value is -4.58. The van der Waals surface area contributed by atoms with Crippen LogP contribution < -0.4 is 16.5 Å². The quantitative estimate of drug-likeness (QED) is 0.0507. The number of methoxy groups -OCH3 is 2. The highest BCUT2D eigenvalue weighted by molar-refractivity contribution is 7.10. The fraction of sp³-hybridized carbons (Fsp3) is 0.688. The third-order valence-corrected chi connectivity index (χ3v) is 15.3. The smallest absolute Gasteiger partial charge is 0.293 e. The number of likely N-dealkylation sites (N-methyl/N-ethyl adjacent to an activating group) is 1. The molecule has 0 radical (unpaired) electrons. The molecule has 2 amide bonds. The number of fused-ring (bicyclic) bond motifs is 1. The number of benzene rings is 1. The van der Waals surface area contributed by atoms with Crippen LogP contribution in [0.2, 0.25) is 0 Å². The Morgan fingerprint density at radius 3 is 2.21 bits per heavy atom. The fourth-order valence-corrected chi connectivity index (χ4v) is 11.1. The summed E-state index contributed by atoms with van der Waals surface area (Å²) < 4.78 is 18.5. The molecule has 4 unspecified atom stereocenters. The predicted octanol–water partition coefficient (Wildman–Crippen LogP) is 13.0. The van der Waals surface area contributed by atoms with Gasteiger partial charge in [-0.2, -0.15) is 0 Å². The highest BCUT2D eigenvalue weighted by atomic mass is 32.1. The standard InChI is InChI=1S/C43H59N7O5S.C8H18O.C6H13NO.C3H6.2C2H6/c1-8-49-36-18-17-30(22-32(36)33(24-43(3,4)26-55-27-51)40(49)31-16-13-19-44-38(31)28(2)54-7)35-25-56-37(46-35)23-34(42(53)50-21-12-11-20-45-50)47-41(52)39(48(5)6)29-14-9-10-15-29;1-4-6-8(5-2)7-9-3;1-2-3-6(8)4-5-7;1-2-3-1;2*1-2/h13,16-19,22,25,27-29,34,39,45H,8-12,14-15,20-21,23-24,26H2,1-7H3,(H,47,52);8H,4-7H2,1-3H3;2-5,7H2,1H3;1-3H2;2*1-2H3. The average molecular weight is 1130 g/mol. The van der Waals surface area contributed by atoms with Gasteiger partial charge in [0, 0.05) is 98.7 Å². The lowest BCUT2D eigenvalue weighted by Crippen LogP contribution is -2.58. The van der Waals surface area contributed by atoms with E-state index in [-0.39, 0.29) is 47.7 Å². The number of hydrazine groups is 1. The van der Waals surface area contributed by atoms with Crippen LogP contribution in [0.25, 0.3) is 33.4 Å². The number of ether oxygens (including phenoxy) is 3. The molecular weight excluding hydrogens is 1020 g/mol. The summed E-state index contributed by atoms with van der Waals surface area (Å²) in [6, 6.07) is 9.50. The lowest BCUT2D eigenvalue weighted by Gasteiger charge is -2.33. The van der Waals surface area contributed by atoms with Crippen molar-refractivity contribution in [1.82, 2.24) is 35.2 Å². The van der Waals surface area contributed by atoms with Gasteiger partial charge in [0.25, 0.3) is 12.4 Å². The second-order valence-corrected chi connectivity index (χ2v) is 22.7. The molecule has 3 fully saturated rings. The van der Waals surface area contributed by atoms with Crippen molar-refractivity contribution in [2.45, 2.75) is 210 Å². The molecule has 452 valence electrons. The van der Waals surface area contributed by atoms with Crippen molar-refractivity contribution in [1.29, 1.82) is 0 Å². The van der Waals surface area contributed by atoms with Crippen molar-refractivity contribution in [3.8, 4) is 22.5 Å². The first kappa shape index (κ1) is 71.5. The van der Waals surface area contributed by atoms with E-state index in [1.54, 1.807) is 25.4 Å². The zero-order valence-electron chi connectivity index (χ0n) is 52.3. The summed E-state index contributed by atoms with van der Waals surface area (Å²) in [5.74, 6) is 1.13. The Morgan fingerprint density at radius 1 is 0.963 bits per heavy atom. The molecule has 4 N–H and O–H groups in total. The summed E-state index contributed by atoms with van der Waals surface area (Å²) in [5.41, 5.74) is 15.0. The van der Waals surface area contributed by atoms with Crippen LogP contribution >= 0.6 is 11.3 Å². The number of aryl methyl sites for hydroxylation is 1. The number of rotatable bonds is 26. The molecule has 2 saturated carbocycles. The van der Waals surface area contributed by atoms with E-state index in [1.807, 2.05) is 72.0 Å². The second-order valence-electron chi connectivity index (χ2n) is 21.7. The molecule has 15 nitrogen and oxygen atoms in total. The van der Waals surface area contributed by atoms with E-state index in [9.17, 15) is 19.2 Å². The van der Waals surface area contributed by atoms with Gasteiger partial charge in [0.15, 0.2) is 0 Å². The molecule has 4 heterocycles. The first-order valence-corrected chi connectivity index (χ1v) is 31.3. The van der Waals surface area contributed by atoms with Gasteiger partial charge in [-0.3, -0.25) is 34.1 Å². The molecular formula is C64H108N8O7S. The first-order valence-electron chi connectivity index (χ1n) is 30.5. The van der Waals surface area contributed by atoms with Gasteiger partial charge in [0.05, 0.1) is 40.8 Å². The molecule has 2 aliphatic carbocycles. The molecule has 4 aromatic rings. The summed E-state index contributed by atoms with van der Waals surface area (Å²) in [6.45, 7) is 27.1. The lowest BCUT2D eigenvalue weighted by atomic mass is 9.84. The van der Waals surface area contributed by atoms with Gasteiger partial charge >= 0.3 is 0 Å². The zero-order chi connectivity index (χ0) is 59.6. The molecule has 0 bridgehead atoms. The number of carbonyl (C=O) groups excluding carboxylic acids is 4. The number of Topliss-reactive ketones (excluding diaryl/α,β-unsaturated/α-hetero) is 1. The molecule has 1 aliphatic heterocycles. The second kappa shape index (κ2) is 39.8. The number of ketones is 1. The number of hydrogen-bond acceptors (Lipinski definition) is 13. The number of carbonyl (C=O) groups is 4. The number of pyridine rings is 1. The molecule has 1 aromatic carbocycles. The highest BCUT2D eigenvalue weighted by Gasteiger charge is 2.36. The van der Waals surface area contributed by atoms with E-state index >= 15 is 0 Å². The number of amides is 2. The number of nitrogens with zero attached hydrogens (tertiary/aromatic N) is 5. The third kappa shape index (κ3) is 23.3. The average Bonchev–Trinajstić information content (AvgIpc) is 4.06. The van der Waals surface area contributed by atoms with Crippen LogP contribution in [0.4, 0.5) is 0 Å². The van der Waals surface area contributed by atoms with Gasteiger partial charge in [0.2, 0.25) is 5.91 Å². The topological polar surface area (TPSA) is 183 Å². The van der Waals surface area contributed by atoms with Crippen LogP contribution in [0, 0.1) is 17.3 Å². The maximum absolute atomic E-state index is 14.0. The number of nitrogens with two attached hydrogens (primary N) is 1. The largest absolute Gasteiger partial charge is 0.467 e. The summed E-state index contributed by atoms with van der Waals surface area (Å²) in [6.07, 6.45) is 19.3. The molecule has 7 rings (SSSR count). The zero-order valence-corrected chi connectivity index (χ0v) is 53.2. The van der Waals surface area contributed by atoms with Crippen LogP contribution in [0.1, 0.15) is 195 Å². The van der Waals surface area contributed by atoms with E-state index in [4.69, 9.17) is 29.9 Å². The number of thiazole rings is 1. The van der Waals surface area contributed by atoms with Gasteiger partial charge in [0.1, 0.15) is 11.8 Å². The maximum Gasteiger partial charge on any atom is 0.293 e. The van der Waals surface area contributed by atoms with Gasteiger partial charge in [-0.15, -0.1) is 11.3 Å². The van der Waals surface area contributed by atoms with Gasteiger partial charge in [-0.25, -0.2) is 10.4 Å². The molecule has 3 aliphatic rings. The van der Waals surface area contributed by atoms with E-state index in [0.29, 0.717) is 45.2 Å². The number of aromatic nitrogens is 3. The molecule has 1 saturated heterocycles. The molecule has 4 atom stereocenters. The van der Waals surface area contributed by atoms with Gasteiger partial charge in [-0.1, -0.05) is 113 Å². The molecule has 16 heteroatoms. The summed E-state index contributed by atoms with van der Waals surface area (Å²) >= 11 is 1.51. The molecule has 3 aromatic heterocycles. The SMILES string of the molecule is C1CC1.CC.CC.CCCC(=O)CCN.CCCC(CC)COC.CCn1c(-c2cccnc2C(C)OC)c(CC(C)(C)COC=O)c2cc(-c3csc(CC(NC(=O)C(C4CCCC4)N(C)C)C(=O)N4CCCCN4)n3)ccc21. The van der Waals surface area contributed by atoms with Gasteiger partial charge in [-0.05, 0) is 121 Å². The van der Waals surface area contributed by atoms with Crippen molar-refractivity contribution in [3.63, 3.8) is 0 Å². The Balaban J connectivity index is 0.000000760. The Bertz CT molecular complexity index is 2340. The minimum absolute atomic E-state index is 0.0959. The lowest BCUT2D eigenvalue weighted by molar-refractivity contribution is -0.141. The number of nitrogens with one attached hydrogen (secondary N) is 2. The minimum Gasteiger partial charge on any atom is -0.467 e. The van der Waals surface area contributed by atoms with Crippen LogP contribution in [-0.2, 0) is 52.8 Å². The van der Waals surface area contributed by atoms with E-state index in [0.717, 1.165) is 120 Å². The predicted molar refractivity (Wildman–Crippen MR) is 332 cm³/mol. The monoisotopic (exact) mass is 1130 g/mol. The fourth-order valence-electron chi connectivity index (χ4n) is 10.2. The Labute approximate surface area is 487 Å². The van der Waals surface area contributed by atoms with Crippen molar-refractivity contribution in [2.24, 2.45) is 23.0 Å². The first-order chi connectivity index (χ1) is 38.6. The molecule has 80 heavy (non-hydrogen) atoms. The Kier molecular flexibility index (Phi) is 35.6. The number of hydrogen-bond donors (Lipinski definition) is 3. The third-order valence-electron chi connectivity index (χ3n) is 14.4. The van der Waals surface area contributed by atoms with Crippen molar-refractivity contribution in [2.75, 3.05) is 61.2 Å². The summed E-state index contributed by atoms with van der Waals surface area (Å²) in [5, 5.41) is 8.78. The van der Waals surface area contributed by atoms with E-state index < -0.39 is 6.04 Å². The van der Waals surface area contributed by atoms with Crippen LogP contribution in [0.15, 0.2) is 41.9 Å². The van der Waals surface area contributed by atoms with Crippen molar-refractivity contribution in [3.05, 3.63) is 58.2 Å². The summed E-state index contributed by atoms with van der Waals surface area (Å²) in [4.78, 5) is 61.6. The van der Waals surface area contributed by atoms with Crippen molar-refractivity contribution < 1.29 is 33.4 Å². The van der Waals surface area contributed by atoms with E-state index in [1.165, 1.54) is 49.9 Å². The Morgan fingerprint density at radius 2 is 1.66 bits per heavy atom. The van der Waals surface area contributed by atoms with Crippen LogP contribution in [0.3, 0.4) is 0 Å². The van der Waals surface area contributed by atoms with E-state index in [2.05, 4.69) is 74.2 Å². The van der Waals surface area contributed by atoms with Crippen molar-refractivity contribution >= 4 is 46.3 Å². The maximum atomic E-state index is 14.0. The summed E-state index contributed by atoms with van der Waals surface area (Å²) in [7, 11) is 7.38. The van der Waals surface area contributed by atoms with Crippen LogP contribution in [0.5, 0.6) is 0 Å². The van der Waals surface area contributed by atoms with Gasteiger partial charge < -0.3 is 29.8 Å². The normalized spacial score (nSPS) is 15.4.